The summed E-state index contributed by atoms with van der Waals surface area (Å²) in [5, 5.41) is 21.0. The molecule has 2 aliphatic carbocycles. The fourth-order valence-corrected chi connectivity index (χ4v) is 5.19. The molecule has 2 bridgehead atoms. The number of hydrogen-bond donors (Lipinski definition) is 2. The van der Waals surface area contributed by atoms with Crippen LogP contribution in [0.2, 0.25) is 0 Å². The highest BCUT2D eigenvalue weighted by Gasteiger charge is 2.69. The number of aliphatic carboxylic acids is 1. The zero-order valence-corrected chi connectivity index (χ0v) is 12.7. The van der Waals surface area contributed by atoms with Crippen molar-refractivity contribution >= 4 is 28.5 Å². The van der Waals surface area contributed by atoms with E-state index in [0.717, 1.165) is 10.9 Å². The molecule has 6 nitrogen and oxygen atoms in total. The molecule has 0 spiro atoms. The lowest BCUT2D eigenvalue weighted by atomic mass is 9.78. The molecule has 1 aromatic carbocycles. The van der Waals surface area contributed by atoms with Crippen molar-refractivity contribution in [2.24, 2.45) is 23.7 Å². The molecule has 122 valence electrons. The van der Waals surface area contributed by atoms with E-state index in [1.807, 2.05) is 30.3 Å². The Morgan fingerprint density at radius 1 is 1.25 bits per heavy atom. The number of nitrogens with zero attached hydrogens (tertiary/aromatic N) is 2. The van der Waals surface area contributed by atoms with Crippen LogP contribution in [0.15, 0.2) is 36.5 Å². The smallest absolute Gasteiger partial charge is 0.307 e. The van der Waals surface area contributed by atoms with Crippen LogP contribution in [0, 0.1) is 23.7 Å². The molecule has 0 unspecified atom stereocenters. The van der Waals surface area contributed by atoms with Crippen LogP contribution in [0.25, 0.3) is 10.9 Å². The molecule has 2 heterocycles. The van der Waals surface area contributed by atoms with Gasteiger partial charge in [-0.2, -0.15) is 0 Å². The second kappa shape index (κ2) is 4.54. The van der Waals surface area contributed by atoms with Gasteiger partial charge in [0.1, 0.15) is 0 Å². The average molecular weight is 324 g/mol. The second-order valence-electron chi connectivity index (χ2n) is 7.02. The minimum absolute atomic E-state index is 0.0665. The minimum Gasteiger partial charge on any atom is -0.481 e. The fraction of sp³-hybridized carbons (Fsp3) is 0.389. The molecule has 3 aliphatic rings. The molecular formula is C18H16N2O4. The summed E-state index contributed by atoms with van der Waals surface area (Å²) in [5.74, 6) is -2.80. The number of aromatic nitrogens is 1. The summed E-state index contributed by atoms with van der Waals surface area (Å²) < 4.78 is 0. The van der Waals surface area contributed by atoms with Gasteiger partial charge in [0.25, 0.3) is 0 Å². The van der Waals surface area contributed by atoms with Crippen molar-refractivity contribution < 1.29 is 19.8 Å². The first-order chi connectivity index (χ1) is 11.6. The highest BCUT2D eigenvalue weighted by molar-refractivity contribution is 6.03. The zero-order valence-electron chi connectivity index (χ0n) is 12.7. The molecule has 2 saturated carbocycles. The Balaban J connectivity index is 1.62. The number of fused-ring (bicyclic) bond motifs is 2. The normalized spacial score (nSPS) is 36.7. The molecule has 1 aromatic heterocycles. The van der Waals surface area contributed by atoms with E-state index in [2.05, 4.69) is 4.98 Å². The maximum absolute atomic E-state index is 13.0. The van der Waals surface area contributed by atoms with E-state index in [-0.39, 0.29) is 23.8 Å². The number of carboxylic acids is 1. The first-order valence-corrected chi connectivity index (χ1v) is 8.16. The molecule has 24 heavy (non-hydrogen) atoms. The molecule has 6 heteroatoms. The Morgan fingerprint density at radius 2 is 2.08 bits per heavy atom. The van der Waals surface area contributed by atoms with Crippen LogP contribution in [-0.2, 0) is 9.59 Å². The standard InChI is InChI=1S/C18H16N2O4/c21-16-11-7-10-13(14(11)18(23)24)17(22)20(15(10)16)9-3-4-12-8(6-9)2-1-5-19-12/h1-6,10-11,13-16,21H,7H2,(H,23,24)/t10-,11+,13-,14+,15+,16+/m1/s1. The fourth-order valence-electron chi connectivity index (χ4n) is 5.19. The van der Waals surface area contributed by atoms with E-state index < -0.39 is 23.9 Å². The van der Waals surface area contributed by atoms with Crippen LogP contribution < -0.4 is 4.90 Å². The molecule has 3 fully saturated rings. The summed E-state index contributed by atoms with van der Waals surface area (Å²) in [5.41, 5.74) is 1.55. The van der Waals surface area contributed by atoms with Gasteiger partial charge in [-0.15, -0.1) is 0 Å². The molecular weight excluding hydrogens is 308 g/mol. The number of aliphatic hydroxyl groups excluding tert-OH is 1. The Hall–Kier alpha value is -2.47. The lowest BCUT2D eigenvalue weighted by Gasteiger charge is -2.30. The Bertz CT molecular complexity index is 882. The molecule has 2 N–H and O–H groups in total. The van der Waals surface area contributed by atoms with E-state index in [4.69, 9.17) is 0 Å². The van der Waals surface area contributed by atoms with Gasteiger partial charge in [0.05, 0.1) is 29.5 Å². The number of aliphatic hydroxyl groups is 1. The van der Waals surface area contributed by atoms with Gasteiger partial charge in [-0.1, -0.05) is 6.07 Å². The molecule has 1 saturated heterocycles. The van der Waals surface area contributed by atoms with Crippen molar-refractivity contribution in [2.45, 2.75) is 18.6 Å². The van der Waals surface area contributed by atoms with Crippen LogP contribution in [0.1, 0.15) is 6.42 Å². The third kappa shape index (κ3) is 1.56. The third-order valence-electron chi connectivity index (χ3n) is 6.05. The molecule has 5 rings (SSSR count). The summed E-state index contributed by atoms with van der Waals surface area (Å²) >= 11 is 0. The van der Waals surface area contributed by atoms with Crippen molar-refractivity contribution in [3.63, 3.8) is 0 Å². The number of benzene rings is 1. The molecule has 0 radical (unpaired) electrons. The molecule has 6 atom stereocenters. The van der Waals surface area contributed by atoms with Crippen molar-refractivity contribution in [1.29, 1.82) is 0 Å². The van der Waals surface area contributed by atoms with E-state index >= 15 is 0 Å². The number of anilines is 1. The zero-order chi connectivity index (χ0) is 16.6. The molecule has 1 aliphatic heterocycles. The van der Waals surface area contributed by atoms with Gasteiger partial charge in [-0.3, -0.25) is 14.6 Å². The Kier molecular flexibility index (Phi) is 2.63. The summed E-state index contributed by atoms with van der Waals surface area (Å²) in [7, 11) is 0. The molecule has 1 amide bonds. The Labute approximate surface area is 137 Å². The van der Waals surface area contributed by atoms with Gasteiger partial charge < -0.3 is 15.1 Å². The summed E-state index contributed by atoms with van der Waals surface area (Å²) in [4.78, 5) is 30.5. The maximum atomic E-state index is 13.0. The summed E-state index contributed by atoms with van der Waals surface area (Å²) in [6.07, 6.45) is 1.56. The summed E-state index contributed by atoms with van der Waals surface area (Å²) in [6, 6.07) is 9.02. The van der Waals surface area contributed by atoms with Crippen LogP contribution in [0.3, 0.4) is 0 Å². The summed E-state index contributed by atoms with van der Waals surface area (Å²) in [6.45, 7) is 0. The topological polar surface area (TPSA) is 90.7 Å². The number of carboxylic acid groups (broad SMARTS) is 1. The Morgan fingerprint density at radius 3 is 2.88 bits per heavy atom. The van der Waals surface area contributed by atoms with Crippen LogP contribution in [0.4, 0.5) is 5.69 Å². The van der Waals surface area contributed by atoms with Gasteiger partial charge in [0.15, 0.2) is 0 Å². The first-order valence-electron chi connectivity index (χ1n) is 8.16. The monoisotopic (exact) mass is 324 g/mol. The van der Waals surface area contributed by atoms with Gasteiger partial charge >= 0.3 is 5.97 Å². The highest BCUT2D eigenvalue weighted by Crippen LogP contribution is 2.59. The van der Waals surface area contributed by atoms with Crippen molar-refractivity contribution in [3.05, 3.63) is 36.5 Å². The van der Waals surface area contributed by atoms with E-state index in [1.54, 1.807) is 11.1 Å². The maximum Gasteiger partial charge on any atom is 0.307 e. The predicted molar refractivity (Wildman–Crippen MR) is 85.2 cm³/mol. The van der Waals surface area contributed by atoms with Crippen molar-refractivity contribution in [3.8, 4) is 0 Å². The van der Waals surface area contributed by atoms with Crippen molar-refractivity contribution in [2.75, 3.05) is 4.90 Å². The number of pyridine rings is 1. The number of carbonyl (C=O) groups excluding carboxylic acids is 1. The van der Waals surface area contributed by atoms with Gasteiger partial charge in [0.2, 0.25) is 5.91 Å². The van der Waals surface area contributed by atoms with Crippen LogP contribution in [-0.4, -0.2) is 39.2 Å². The lowest BCUT2D eigenvalue weighted by Crippen LogP contribution is -2.44. The first kappa shape index (κ1) is 13.9. The number of amides is 1. The third-order valence-corrected chi connectivity index (χ3v) is 6.05. The van der Waals surface area contributed by atoms with Crippen LogP contribution in [0.5, 0.6) is 0 Å². The van der Waals surface area contributed by atoms with Gasteiger partial charge in [-0.05, 0) is 36.6 Å². The second-order valence-corrected chi connectivity index (χ2v) is 7.02. The SMILES string of the molecule is O=C(O)[C@H]1[C@@H]2C[C@@H]3[C@H]1C(=O)N(c1ccc4ncccc4c1)[C@@H]3[C@H]2O. The van der Waals surface area contributed by atoms with Gasteiger partial charge in [-0.25, -0.2) is 0 Å². The van der Waals surface area contributed by atoms with Gasteiger partial charge in [0, 0.05) is 23.2 Å². The van der Waals surface area contributed by atoms with E-state index in [1.165, 1.54) is 0 Å². The number of carbonyl (C=O) groups is 2. The quantitative estimate of drug-likeness (QED) is 0.868. The minimum atomic E-state index is -0.970. The van der Waals surface area contributed by atoms with E-state index in [0.29, 0.717) is 12.1 Å². The average Bonchev–Trinajstić information content (AvgIpc) is 3.17. The van der Waals surface area contributed by atoms with Crippen molar-refractivity contribution in [1.82, 2.24) is 4.98 Å². The van der Waals surface area contributed by atoms with Crippen LogP contribution >= 0.6 is 0 Å². The molecule has 2 aromatic rings. The largest absolute Gasteiger partial charge is 0.481 e. The van der Waals surface area contributed by atoms with E-state index in [9.17, 15) is 19.8 Å². The highest BCUT2D eigenvalue weighted by atomic mass is 16.4. The predicted octanol–water partition coefficient (Wildman–Crippen LogP) is 1.28. The number of hydrogen-bond acceptors (Lipinski definition) is 4. The number of rotatable bonds is 2. The lowest BCUT2D eigenvalue weighted by molar-refractivity contribution is -0.149.